The zero-order chi connectivity index (χ0) is 27.7. The number of amides is 1. The van der Waals surface area contributed by atoms with Crippen molar-refractivity contribution in [3.63, 3.8) is 0 Å². The van der Waals surface area contributed by atoms with Gasteiger partial charge in [-0.1, -0.05) is 30.7 Å². The Morgan fingerprint density at radius 1 is 1.13 bits per heavy atom. The van der Waals surface area contributed by atoms with Gasteiger partial charge in [-0.05, 0) is 93.8 Å². The van der Waals surface area contributed by atoms with Crippen molar-refractivity contribution in [1.82, 2.24) is 10.2 Å². The van der Waals surface area contributed by atoms with Crippen molar-refractivity contribution in [3.8, 4) is 0 Å². The van der Waals surface area contributed by atoms with Crippen molar-refractivity contribution < 1.29 is 19.2 Å². The molecule has 0 saturated heterocycles. The summed E-state index contributed by atoms with van der Waals surface area (Å²) in [5, 5.41) is 18.1. The Labute approximate surface area is 231 Å². The van der Waals surface area contributed by atoms with E-state index in [1.807, 2.05) is 6.92 Å². The summed E-state index contributed by atoms with van der Waals surface area (Å²) in [6.07, 6.45) is 10.9. The predicted octanol–water partition coefficient (Wildman–Crippen LogP) is 5.06. The van der Waals surface area contributed by atoms with Gasteiger partial charge in [0.1, 0.15) is 0 Å². The van der Waals surface area contributed by atoms with Crippen LogP contribution in [0.4, 0.5) is 4.79 Å². The molecule has 0 aliphatic heterocycles. The molecule has 0 aromatic heterocycles. The van der Waals surface area contributed by atoms with Crippen molar-refractivity contribution in [3.05, 3.63) is 11.6 Å². The number of allylic oxidation sites excluding steroid dienone is 1. The summed E-state index contributed by atoms with van der Waals surface area (Å²) in [6, 6.07) is 0. The molecule has 216 valence electrons. The molecule has 0 bridgehead atoms. The number of oxime groups is 1. The molecule has 0 spiro atoms. The average molecular weight is 532 g/mol. The molecule has 2 N–H and O–H groups in total. The van der Waals surface area contributed by atoms with Crippen LogP contribution in [0.3, 0.4) is 0 Å². The lowest BCUT2D eigenvalue weighted by molar-refractivity contribution is -0.869. The molecule has 7 atom stereocenters. The second kappa shape index (κ2) is 11.6. The van der Waals surface area contributed by atoms with Gasteiger partial charge < -0.3 is 19.8 Å². The van der Waals surface area contributed by atoms with Crippen LogP contribution in [0.5, 0.6) is 0 Å². The number of nitrogens with zero attached hydrogens (tertiary/aromatic N) is 3. The van der Waals surface area contributed by atoms with E-state index in [9.17, 15) is 9.90 Å². The van der Waals surface area contributed by atoms with Gasteiger partial charge in [0.05, 0.1) is 39.5 Å². The summed E-state index contributed by atoms with van der Waals surface area (Å²) in [4.78, 5) is 20.1. The van der Waals surface area contributed by atoms with Crippen LogP contribution < -0.4 is 5.32 Å². The highest BCUT2D eigenvalue weighted by Gasteiger charge is 2.59. The lowest BCUT2D eigenvalue weighted by Crippen LogP contribution is -2.51. The van der Waals surface area contributed by atoms with Gasteiger partial charge in [0.2, 0.25) is 0 Å². The number of fused-ring (bicyclic) bond motifs is 5. The Morgan fingerprint density at radius 3 is 2.61 bits per heavy atom. The number of hydrogen-bond acceptors (Lipinski definition) is 5. The molecule has 3 saturated carbocycles. The normalized spacial score (nSPS) is 37.1. The quantitative estimate of drug-likeness (QED) is 0.109. The van der Waals surface area contributed by atoms with Crippen LogP contribution in [0, 0.1) is 34.5 Å². The molecule has 4 aliphatic rings. The molecule has 7 heteroatoms. The number of likely N-dealkylation sites (N-methyl/N-ethyl adjacent to an activating group) is 2. The minimum absolute atomic E-state index is 0.229. The molecule has 0 radical (unpaired) electrons. The first-order chi connectivity index (χ1) is 17.9. The summed E-state index contributed by atoms with van der Waals surface area (Å²) < 4.78 is 0.921. The van der Waals surface area contributed by atoms with Gasteiger partial charge in [-0.25, -0.2) is 4.79 Å². The third kappa shape index (κ3) is 6.00. The fourth-order valence-corrected chi connectivity index (χ4v) is 8.76. The number of hydrogen-bond donors (Lipinski definition) is 2. The van der Waals surface area contributed by atoms with Crippen LogP contribution in [0.25, 0.3) is 0 Å². The minimum Gasteiger partial charge on any atom is -0.389 e. The molecular formula is C31H55N4O3+. The summed E-state index contributed by atoms with van der Waals surface area (Å²) in [5.74, 6) is 2.58. The number of nitrogens with one attached hydrogen (secondary N) is 1. The lowest BCUT2D eigenvalue weighted by Gasteiger charge is -2.58. The summed E-state index contributed by atoms with van der Waals surface area (Å²) >= 11 is 0. The Morgan fingerprint density at radius 2 is 1.89 bits per heavy atom. The average Bonchev–Trinajstić information content (AvgIpc) is 3.21. The lowest BCUT2D eigenvalue weighted by atomic mass is 9.46. The minimum atomic E-state index is -0.345. The summed E-state index contributed by atoms with van der Waals surface area (Å²) in [7, 11) is 6.55. The van der Waals surface area contributed by atoms with E-state index in [1.165, 1.54) is 31.3 Å². The van der Waals surface area contributed by atoms with Crippen molar-refractivity contribution in [2.75, 3.05) is 53.9 Å². The number of carbonyl (C=O) groups excluding carboxylic acids is 1. The van der Waals surface area contributed by atoms with Crippen LogP contribution in [0.2, 0.25) is 0 Å². The molecule has 1 amide bonds. The summed E-state index contributed by atoms with van der Waals surface area (Å²) in [6.45, 7) is 13.0. The highest BCUT2D eigenvalue weighted by atomic mass is 16.7. The van der Waals surface area contributed by atoms with Gasteiger partial charge in [0, 0.05) is 32.1 Å². The first-order valence-electron chi connectivity index (χ1n) is 15.3. The van der Waals surface area contributed by atoms with Crippen LogP contribution in [-0.2, 0) is 4.84 Å². The molecule has 7 nitrogen and oxygen atoms in total. The number of carbonyl (C=O) groups is 1. The molecule has 0 unspecified atom stereocenters. The maximum atomic E-state index is 12.8. The van der Waals surface area contributed by atoms with Crippen molar-refractivity contribution in [2.24, 2.45) is 39.7 Å². The molecule has 38 heavy (non-hydrogen) atoms. The van der Waals surface area contributed by atoms with E-state index in [0.29, 0.717) is 24.9 Å². The van der Waals surface area contributed by atoms with Crippen LogP contribution >= 0.6 is 0 Å². The topological polar surface area (TPSA) is 74.2 Å². The Bertz CT molecular complexity index is 911. The fourth-order valence-electron chi connectivity index (χ4n) is 8.76. The van der Waals surface area contributed by atoms with E-state index in [4.69, 9.17) is 4.84 Å². The number of rotatable bonds is 9. The van der Waals surface area contributed by atoms with Gasteiger partial charge >= 0.3 is 6.09 Å². The molecule has 0 aromatic carbocycles. The number of aliphatic hydroxyl groups is 1. The molecule has 4 aliphatic carbocycles. The smallest absolute Gasteiger partial charge is 0.389 e. The van der Waals surface area contributed by atoms with E-state index >= 15 is 0 Å². The van der Waals surface area contributed by atoms with E-state index < -0.39 is 0 Å². The zero-order valence-electron chi connectivity index (χ0n) is 25.3. The SMILES string of the molecule is CCN(CCNCC[N+](C)(C)C)C(=O)O/N=C(\C)[C@H]1CC[C@H]2[C@@H]3CCC4=C[C@H](O)CC[C@]4(C)[C@H]3CC[C@]12C. The van der Waals surface area contributed by atoms with Gasteiger partial charge in [0.15, 0.2) is 0 Å². The summed E-state index contributed by atoms with van der Waals surface area (Å²) in [5.41, 5.74) is 3.02. The number of aliphatic hydroxyl groups excluding tert-OH is 1. The highest BCUT2D eigenvalue weighted by Crippen LogP contribution is 2.66. The first kappa shape index (κ1) is 29.5. The monoisotopic (exact) mass is 531 g/mol. The Hall–Kier alpha value is -1.44. The van der Waals surface area contributed by atoms with E-state index in [-0.39, 0.29) is 23.0 Å². The molecule has 4 rings (SSSR count). The molecular weight excluding hydrogens is 476 g/mol. The van der Waals surface area contributed by atoms with Crippen molar-refractivity contribution in [2.45, 2.75) is 85.2 Å². The highest BCUT2D eigenvalue weighted by molar-refractivity contribution is 5.85. The van der Waals surface area contributed by atoms with Gasteiger partial charge in [-0.15, -0.1) is 0 Å². The van der Waals surface area contributed by atoms with Gasteiger partial charge in [0.25, 0.3) is 0 Å². The maximum absolute atomic E-state index is 12.8. The van der Waals surface area contributed by atoms with Crippen LogP contribution in [0.15, 0.2) is 16.8 Å². The third-order valence-electron chi connectivity index (χ3n) is 11.0. The molecule has 0 heterocycles. The largest absolute Gasteiger partial charge is 0.436 e. The predicted molar refractivity (Wildman–Crippen MR) is 154 cm³/mol. The van der Waals surface area contributed by atoms with E-state index in [0.717, 1.165) is 67.3 Å². The second-order valence-electron chi connectivity index (χ2n) is 14.2. The maximum Gasteiger partial charge on any atom is 0.436 e. The van der Waals surface area contributed by atoms with Gasteiger partial charge in [-0.3, -0.25) is 4.84 Å². The Balaban J connectivity index is 1.34. The second-order valence-corrected chi connectivity index (χ2v) is 14.2. The van der Waals surface area contributed by atoms with Crippen LogP contribution in [-0.4, -0.2) is 86.3 Å². The fraction of sp³-hybridized carbons (Fsp3) is 0.871. The standard InChI is InChI=1S/C31H55N4O3/c1-8-34(19-17-32-18-20-35(5,6)7)29(37)38-33-22(2)26-11-12-27-25-10-9-23-21-24(36)13-15-30(23,3)28(25)14-16-31(26,27)4/h21,24-28,32,36H,8-20H2,1-7H3/q+1/b33-22+/t24-,25+,26-,27+,28+,30+,31-/m1/s1. The zero-order valence-corrected chi connectivity index (χ0v) is 25.3. The van der Waals surface area contributed by atoms with E-state index in [1.54, 1.807) is 4.90 Å². The van der Waals surface area contributed by atoms with Crippen LogP contribution in [0.1, 0.15) is 79.1 Å². The van der Waals surface area contributed by atoms with Crippen molar-refractivity contribution in [1.29, 1.82) is 0 Å². The van der Waals surface area contributed by atoms with Crippen molar-refractivity contribution >= 4 is 11.8 Å². The van der Waals surface area contributed by atoms with E-state index in [2.05, 4.69) is 58.5 Å². The Kier molecular flexibility index (Phi) is 9.00. The number of quaternary nitrogens is 1. The van der Waals surface area contributed by atoms with Gasteiger partial charge in [-0.2, -0.15) is 0 Å². The third-order valence-corrected chi connectivity index (χ3v) is 11.0. The molecule has 3 fully saturated rings. The first-order valence-corrected chi connectivity index (χ1v) is 15.3. The molecule has 0 aromatic rings.